The van der Waals surface area contributed by atoms with Crippen molar-refractivity contribution in [1.82, 2.24) is 9.80 Å². The second kappa shape index (κ2) is 4.94. The van der Waals surface area contributed by atoms with E-state index in [0.29, 0.717) is 13.2 Å². The van der Waals surface area contributed by atoms with E-state index < -0.39 is 0 Å². The molecule has 0 aliphatic carbocycles. The number of ether oxygens (including phenoxy) is 1. The number of carbonyl (C=O) groups excluding carboxylic acids is 1. The maximum Gasteiger partial charge on any atom is 0.256 e. The zero-order chi connectivity index (χ0) is 13.3. The van der Waals surface area contributed by atoms with Gasteiger partial charge in [-0.1, -0.05) is 18.2 Å². The molecule has 2 aliphatic heterocycles. The Labute approximate surface area is 113 Å². The molecule has 0 saturated carbocycles. The van der Waals surface area contributed by atoms with E-state index in [0.717, 1.165) is 31.5 Å². The summed E-state index contributed by atoms with van der Waals surface area (Å²) in [5.74, 6) is 0.0997. The van der Waals surface area contributed by atoms with E-state index in [1.807, 2.05) is 35.2 Å². The lowest BCUT2D eigenvalue weighted by Crippen LogP contribution is -2.54. The van der Waals surface area contributed by atoms with Gasteiger partial charge in [0.05, 0.1) is 6.61 Å². The summed E-state index contributed by atoms with van der Waals surface area (Å²) >= 11 is 0. The second-order valence-corrected chi connectivity index (χ2v) is 5.42. The molecule has 19 heavy (non-hydrogen) atoms. The average Bonchev–Trinajstić information content (AvgIpc) is 2.86. The van der Waals surface area contributed by atoms with Crippen LogP contribution >= 0.6 is 0 Å². The summed E-state index contributed by atoms with van der Waals surface area (Å²) in [6, 6.07) is 9.51. The highest BCUT2D eigenvalue weighted by Crippen LogP contribution is 2.34. The van der Waals surface area contributed by atoms with Gasteiger partial charge in [-0.3, -0.25) is 4.79 Å². The van der Waals surface area contributed by atoms with Crippen molar-refractivity contribution in [2.24, 2.45) is 0 Å². The topological polar surface area (TPSA) is 32.8 Å². The van der Waals surface area contributed by atoms with E-state index in [1.165, 1.54) is 0 Å². The Morgan fingerprint density at radius 1 is 1.16 bits per heavy atom. The predicted molar refractivity (Wildman–Crippen MR) is 72.9 cm³/mol. The van der Waals surface area contributed by atoms with Gasteiger partial charge in [0.2, 0.25) is 0 Å². The van der Waals surface area contributed by atoms with Crippen molar-refractivity contribution in [1.29, 1.82) is 0 Å². The van der Waals surface area contributed by atoms with Gasteiger partial charge in [-0.15, -0.1) is 0 Å². The predicted octanol–water partition coefficient (Wildman–Crippen LogP) is 1.58. The van der Waals surface area contributed by atoms with Gasteiger partial charge in [0.25, 0.3) is 5.91 Å². The highest BCUT2D eigenvalue weighted by Gasteiger charge is 2.46. The van der Waals surface area contributed by atoms with Crippen LogP contribution in [0, 0.1) is 0 Å². The molecule has 0 atom stereocenters. The van der Waals surface area contributed by atoms with Gasteiger partial charge in [0, 0.05) is 38.0 Å². The van der Waals surface area contributed by atoms with Gasteiger partial charge >= 0.3 is 0 Å². The van der Waals surface area contributed by atoms with Crippen LogP contribution in [0.5, 0.6) is 0 Å². The summed E-state index contributed by atoms with van der Waals surface area (Å²) in [5.41, 5.74) is 0.394. The SMILES string of the molecule is CN1CCC2(CC1)OCCN2C(=O)c1ccccc1. The summed E-state index contributed by atoms with van der Waals surface area (Å²) in [6.07, 6.45) is 1.81. The molecule has 0 aromatic heterocycles. The van der Waals surface area contributed by atoms with Crippen LogP contribution in [-0.2, 0) is 4.74 Å². The highest BCUT2D eigenvalue weighted by atomic mass is 16.5. The van der Waals surface area contributed by atoms with Crippen LogP contribution in [0.1, 0.15) is 23.2 Å². The molecular formula is C15H20N2O2. The molecule has 1 spiro atoms. The number of benzene rings is 1. The Balaban J connectivity index is 1.82. The summed E-state index contributed by atoms with van der Waals surface area (Å²) in [4.78, 5) is 16.9. The van der Waals surface area contributed by atoms with Gasteiger partial charge in [-0.25, -0.2) is 0 Å². The summed E-state index contributed by atoms with van der Waals surface area (Å²) in [5, 5.41) is 0. The van der Waals surface area contributed by atoms with Crippen molar-refractivity contribution in [3.8, 4) is 0 Å². The Kier molecular flexibility index (Phi) is 3.29. The van der Waals surface area contributed by atoms with Crippen LogP contribution < -0.4 is 0 Å². The van der Waals surface area contributed by atoms with E-state index in [1.54, 1.807) is 0 Å². The summed E-state index contributed by atoms with van der Waals surface area (Å²) < 4.78 is 5.96. The monoisotopic (exact) mass is 260 g/mol. The molecule has 3 rings (SSSR count). The number of piperidine rings is 1. The minimum Gasteiger partial charge on any atom is -0.354 e. The molecule has 2 fully saturated rings. The average molecular weight is 260 g/mol. The van der Waals surface area contributed by atoms with Gasteiger partial charge in [-0.05, 0) is 19.2 Å². The molecule has 2 saturated heterocycles. The van der Waals surface area contributed by atoms with E-state index in [2.05, 4.69) is 11.9 Å². The number of likely N-dealkylation sites (tertiary alicyclic amines) is 1. The van der Waals surface area contributed by atoms with Gasteiger partial charge in [0.15, 0.2) is 0 Å². The van der Waals surface area contributed by atoms with E-state index in [4.69, 9.17) is 4.74 Å². The molecule has 4 heteroatoms. The van der Waals surface area contributed by atoms with Crippen molar-refractivity contribution in [2.45, 2.75) is 18.6 Å². The molecule has 1 amide bonds. The number of nitrogens with zero attached hydrogens (tertiary/aromatic N) is 2. The minimum atomic E-state index is -0.362. The molecule has 0 bridgehead atoms. The largest absolute Gasteiger partial charge is 0.354 e. The zero-order valence-electron chi connectivity index (χ0n) is 11.3. The lowest BCUT2D eigenvalue weighted by atomic mass is 9.98. The molecular weight excluding hydrogens is 240 g/mol. The first-order valence-corrected chi connectivity index (χ1v) is 6.91. The van der Waals surface area contributed by atoms with Gasteiger partial charge in [0.1, 0.15) is 5.72 Å². The third-order valence-corrected chi connectivity index (χ3v) is 4.21. The molecule has 0 N–H and O–H groups in total. The van der Waals surface area contributed by atoms with E-state index >= 15 is 0 Å². The molecule has 2 heterocycles. The molecule has 0 radical (unpaired) electrons. The fourth-order valence-corrected chi connectivity index (χ4v) is 3.01. The van der Waals surface area contributed by atoms with Crippen molar-refractivity contribution >= 4 is 5.91 Å². The summed E-state index contributed by atoms with van der Waals surface area (Å²) in [6.45, 7) is 3.33. The lowest BCUT2D eigenvalue weighted by molar-refractivity contribution is -0.102. The number of carbonyl (C=O) groups is 1. The Bertz CT molecular complexity index is 452. The molecule has 4 nitrogen and oxygen atoms in total. The number of amides is 1. The Morgan fingerprint density at radius 2 is 1.84 bits per heavy atom. The van der Waals surface area contributed by atoms with Gasteiger partial charge < -0.3 is 14.5 Å². The fourth-order valence-electron chi connectivity index (χ4n) is 3.01. The van der Waals surface area contributed by atoms with E-state index in [-0.39, 0.29) is 11.6 Å². The minimum absolute atomic E-state index is 0.0997. The van der Waals surface area contributed by atoms with Crippen LogP contribution in [0.15, 0.2) is 30.3 Å². The molecule has 1 aromatic carbocycles. The Morgan fingerprint density at radius 3 is 2.53 bits per heavy atom. The molecule has 2 aliphatic rings. The molecule has 1 aromatic rings. The Hall–Kier alpha value is -1.39. The second-order valence-electron chi connectivity index (χ2n) is 5.42. The summed E-state index contributed by atoms with van der Waals surface area (Å²) in [7, 11) is 2.12. The van der Waals surface area contributed by atoms with Crippen molar-refractivity contribution < 1.29 is 9.53 Å². The van der Waals surface area contributed by atoms with Crippen molar-refractivity contribution in [3.63, 3.8) is 0 Å². The maximum absolute atomic E-state index is 12.6. The standard InChI is InChI=1S/C15H20N2O2/c1-16-9-7-15(8-10-16)17(11-12-19-15)14(18)13-5-3-2-4-6-13/h2-6H,7-12H2,1H3. The van der Waals surface area contributed by atoms with Crippen LogP contribution in [0.2, 0.25) is 0 Å². The number of hydrogen-bond acceptors (Lipinski definition) is 3. The number of rotatable bonds is 1. The van der Waals surface area contributed by atoms with Gasteiger partial charge in [-0.2, -0.15) is 0 Å². The normalized spacial score (nSPS) is 22.9. The lowest BCUT2D eigenvalue weighted by Gasteiger charge is -2.42. The van der Waals surface area contributed by atoms with Crippen molar-refractivity contribution in [3.05, 3.63) is 35.9 Å². The maximum atomic E-state index is 12.6. The van der Waals surface area contributed by atoms with Crippen LogP contribution in [0.3, 0.4) is 0 Å². The smallest absolute Gasteiger partial charge is 0.256 e. The van der Waals surface area contributed by atoms with Crippen LogP contribution in [0.25, 0.3) is 0 Å². The third kappa shape index (κ3) is 2.26. The quantitative estimate of drug-likeness (QED) is 0.768. The fraction of sp³-hybridized carbons (Fsp3) is 0.533. The van der Waals surface area contributed by atoms with Crippen molar-refractivity contribution in [2.75, 3.05) is 33.3 Å². The first-order valence-electron chi connectivity index (χ1n) is 6.91. The zero-order valence-corrected chi connectivity index (χ0v) is 11.3. The first kappa shape index (κ1) is 12.6. The van der Waals surface area contributed by atoms with E-state index in [9.17, 15) is 4.79 Å². The third-order valence-electron chi connectivity index (χ3n) is 4.21. The molecule has 0 unspecified atom stereocenters. The number of hydrogen-bond donors (Lipinski definition) is 0. The van der Waals surface area contributed by atoms with Crippen LogP contribution in [-0.4, -0.2) is 54.7 Å². The molecule has 102 valence electrons. The van der Waals surface area contributed by atoms with Crippen LogP contribution in [0.4, 0.5) is 0 Å². The highest BCUT2D eigenvalue weighted by molar-refractivity contribution is 5.94. The first-order chi connectivity index (χ1) is 9.21.